The van der Waals surface area contributed by atoms with Crippen LogP contribution in [0.25, 0.3) is 0 Å². The largest absolute Gasteiger partial charge is 0.363 e. The number of nitrogens with one attached hydrogen (secondary N) is 1. The Hall–Kier alpha value is -2.54. The Morgan fingerprint density at radius 1 is 1.19 bits per heavy atom. The minimum Gasteiger partial charge on any atom is -0.363 e. The Bertz CT molecular complexity index is 791. The van der Waals surface area contributed by atoms with Crippen LogP contribution in [0.5, 0.6) is 0 Å². The molecular formula is C19H25ClN6O. The fourth-order valence-corrected chi connectivity index (χ4v) is 3.70. The predicted octanol–water partition coefficient (Wildman–Crippen LogP) is 3.50. The molecule has 1 aliphatic rings. The summed E-state index contributed by atoms with van der Waals surface area (Å²) >= 11 is 6.28. The molecular weight excluding hydrogens is 364 g/mol. The number of primary amides is 1. The van der Waals surface area contributed by atoms with Crippen LogP contribution in [0, 0.1) is 0 Å². The van der Waals surface area contributed by atoms with Crippen LogP contribution >= 0.6 is 11.6 Å². The van der Waals surface area contributed by atoms with E-state index in [-0.39, 0.29) is 12.1 Å². The van der Waals surface area contributed by atoms with Crippen LogP contribution < -0.4 is 20.9 Å². The fourth-order valence-electron chi connectivity index (χ4n) is 3.47. The number of carbonyl (C=O) groups excluding carboxylic acids is 1. The zero-order chi connectivity index (χ0) is 19.4. The second-order valence-corrected chi connectivity index (χ2v) is 7.35. The van der Waals surface area contributed by atoms with Gasteiger partial charge in [-0.05, 0) is 43.9 Å². The third kappa shape index (κ3) is 4.60. The average Bonchev–Trinajstić information content (AvgIpc) is 2.65. The molecule has 8 heteroatoms. The van der Waals surface area contributed by atoms with Crippen molar-refractivity contribution in [1.82, 2.24) is 9.97 Å². The number of aromatic nitrogens is 2. The molecule has 1 aliphatic carbocycles. The van der Waals surface area contributed by atoms with E-state index < -0.39 is 6.03 Å². The Balaban J connectivity index is 1.65. The summed E-state index contributed by atoms with van der Waals surface area (Å²) in [6, 6.07) is 9.01. The van der Waals surface area contributed by atoms with Crippen LogP contribution in [0.2, 0.25) is 5.02 Å². The molecule has 0 radical (unpaired) electrons. The van der Waals surface area contributed by atoms with Gasteiger partial charge in [-0.25, -0.2) is 9.78 Å². The molecule has 0 spiro atoms. The van der Waals surface area contributed by atoms with Gasteiger partial charge in [0.2, 0.25) is 5.95 Å². The summed E-state index contributed by atoms with van der Waals surface area (Å²) in [5.41, 5.74) is 6.33. The molecule has 27 heavy (non-hydrogen) atoms. The van der Waals surface area contributed by atoms with Crippen LogP contribution in [-0.4, -0.2) is 42.2 Å². The minimum absolute atomic E-state index is 0.0366. The number of hydrogen-bond donors (Lipinski definition) is 2. The van der Waals surface area contributed by atoms with Gasteiger partial charge in [-0.2, -0.15) is 4.98 Å². The average molecular weight is 389 g/mol. The first-order valence-corrected chi connectivity index (χ1v) is 9.43. The molecule has 144 valence electrons. The van der Waals surface area contributed by atoms with Gasteiger partial charge in [0, 0.05) is 32.4 Å². The standard InChI is InChI=1S/C19H25ClN6O/c1-25(2)17-11-12-22-19(24-17)23-13-7-9-14(10-8-13)26(18(21)27)16-6-4-3-5-15(16)20/h3-6,11-14H,7-10H2,1-2H3,(H2,21,27)(H,22,23,24). The highest BCUT2D eigenvalue weighted by Gasteiger charge is 2.30. The van der Waals surface area contributed by atoms with Crippen LogP contribution in [0.15, 0.2) is 36.5 Å². The number of benzene rings is 1. The number of urea groups is 1. The summed E-state index contributed by atoms with van der Waals surface area (Å²) in [5.74, 6) is 1.49. The molecule has 1 aromatic heterocycles. The highest BCUT2D eigenvalue weighted by Crippen LogP contribution is 2.32. The molecule has 3 N–H and O–H groups in total. The Morgan fingerprint density at radius 2 is 1.89 bits per heavy atom. The molecule has 0 aliphatic heterocycles. The van der Waals surface area contributed by atoms with Gasteiger partial charge in [-0.15, -0.1) is 0 Å². The van der Waals surface area contributed by atoms with Gasteiger partial charge in [-0.3, -0.25) is 4.90 Å². The number of para-hydroxylation sites is 1. The summed E-state index contributed by atoms with van der Waals surface area (Å²) < 4.78 is 0. The summed E-state index contributed by atoms with van der Waals surface area (Å²) in [6.07, 6.45) is 5.21. The minimum atomic E-state index is -0.471. The van der Waals surface area contributed by atoms with Gasteiger partial charge in [0.15, 0.2) is 0 Å². The van der Waals surface area contributed by atoms with Crippen molar-refractivity contribution in [2.24, 2.45) is 5.73 Å². The molecule has 1 saturated carbocycles. The molecule has 2 aromatic rings. The molecule has 7 nitrogen and oxygen atoms in total. The number of rotatable bonds is 5. The first kappa shape index (κ1) is 19.2. The lowest BCUT2D eigenvalue weighted by Crippen LogP contribution is -2.47. The number of nitrogens with two attached hydrogens (primary N) is 1. The smallest absolute Gasteiger partial charge is 0.319 e. The number of amides is 2. The zero-order valence-corrected chi connectivity index (χ0v) is 16.4. The number of anilines is 3. The predicted molar refractivity (Wildman–Crippen MR) is 110 cm³/mol. The lowest BCUT2D eigenvalue weighted by Gasteiger charge is -2.36. The molecule has 1 fully saturated rings. The van der Waals surface area contributed by atoms with Crippen LogP contribution in [0.3, 0.4) is 0 Å². The monoisotopic (exact) mass is 388 g/mol. The molecule has 0 saturated heterocycles. The van der Waals surface area contributed by atoms with E-state index in [1.165, 1.54) is 0 Å². The first-order chi connectivity index (χ1) is 13.0. The highest BCUT2D eigenvalue weighted by molar-refractivity contribution is 6.33. The second kappa shape index (κ2) is 8.43. The SMILES string of the molecule is CN(C)c1ccnc(NC2CCC(N(C(N)=O)c3ccccc3Cl)CC2)n1. The number of halogens is 1. The second-order valence-electron chi connectivity index (χ2n) is 6.94. The van der Waals surface area contributed by atoms with Gasteiger partial charge >= 0.3 is 6.03 Å². The van der Waals surface area contributed by atoms with Crippen LogP contribution in [0.4, 0.5) is 22.2 Å². The van der Waals surface area contributed by atoms with E-state index in [0.717, 1.165) is 31.5 Å². The van der Waals surface area contributed by atoms with Crippen molar-refractivity contribution in [3.8, 4) is 0 Å². The van der Waals surface area contributed by atoms with Crippen molar-refractivity contribution in [2.45, 2.75) is 37.8 Å². The van der Waals surface area contributed by atoms with Crippen LogP contribution in [-0.2, 0) is 0 Å². The lowest BCUT2D eigenvalue weighted by atomic mass is 9.90. The molecule has 0 atom stereocenters. The van der Waals surface area contributed by atoms with E-state index in [2.05, 4.69) is 15.3 Å². The Kier molecular flexibility index (Phi) is 6.01. The molecule has 0 unspecified atom stereocenters. The van der Waals surface area contributed by atoms with Crippen molar-refractivity contribution in [1.29, 1.82) is 0 Å². The third-order valence-corrected chi connectivity index (χ3v) is 5.16. The van der Waals surface area contributed by atoms with Crippen molar-refractivity contribution in [3.63, 3.8) is 0 Å². The van der Waals surface area contributed by atoms with Crippen LogP contribution in [0.1, 0.15) is 25.7 Å². The van der Waals surface area contributed by atoms with E-state index in [1.807, 2.05) is 43.3 Å². The quantitative estimate of drug-likeness (QED) is 0.818. The summed E-state index contributed by atoms with van der Waals surface area (Å²) in [6.45, 7) is 0. The zero-order valence-electron chi connectivity index (χ0n) is 15.6. The Morgan fingerprint density at radius 3 is 2.52 bits per heavy atom. The van der Waals surface area contributed by atoms with E-state index in [0.29, 0.717) is 16.7 Å². The topological polar surface area (TPSA) is 87.4 Å². The maximum Gasteiger partial charge on any atom is 0.319 e. The third-order valence-electron chi connectivity index (χ3n) is 4.84. The van der Waals surface area contributed by atoms with E-state index in [1.54, 1.807) is 17.2 Å². The van der Waals surface area contributed by atoms with E-state index in [4.69, 9.17) is 17.3 Å². The maximum absolute atomic E-state index is 12.1. The summed E-state index contributed by atoms with van der Waals surface area (Å²) in [7, 11) is 3.90. The summed E-state index contributed by atoms with van der Waals surface area (Å²) in [4.78, 5) is 24.5. The number of nitrogens with zero attached hydrogens (tertiary/aromatic N) is 4. The van der Waals surface area contributed by atoms with Crippen molar-refractivity contribution in [2.75, 3.05) is 29.2 Å². The van der Waals surface area contributed by atoms with Gasteiger partial charge in [0.05, 0.1) is 10.7 Å². The van der Waals surface area contributed by atoms with Gasteiger partial charge < -0.3 is 16.0 Å². The van der Waals surface area contributed by atoms with E-state index >= 15 is 0 Å². The molecule has 3 rings (SSSR count). The van der Waals surface area contributed by atoms with Crippen molar-refractivity contribution in [3.05, 3.63) is 41.6 Å². The first-order valence-electron chi connectivity index (χ1n) is 9.06. The van der Waals surface area contributed by atoms with Crippen molar-refractivity contribution < 1.29 is 4.79 Å². The number of carbonyl (C=O) groups is 1. The van der Waals surface area contributed by atoms with Gasteiger partial charge in [0.25, 0.3) is 0 Å². The maximum atomic E-state index is 12.1. The van der Waals surface area contributed by atoms with Crippen molar-refractivity contribution >= 4 is 35.1 Å². The van der Waals surface area contributed by atoms with E-state index in [9.17, 15) is 4.79 Å². The summed E-state index contributed by atoms with van der Waals surface area (Å²) in [5, 5.41) is 3.94. The molecule has 1 heterocycles. The Labute approximate surface area is 164 Å². The molecule has 0 bridgehead atoms. The van der Waals surface area contributed by atoms with Gasteiger partial charge in [0.1, 0.15) is 5.82 Å². The molecule has 1 aromatic carbocycles. The highest BCUT2D eigenvalue weighted by atomic mass is 35.5. The lowest BCUT2D eigenvalue weighted by molar-refractivity contribution is 0.248. The normalized spacial score (nSPS) is 19.4. The fraction of sp³-hybridized carbons (Fsp3) is 0.421. The van der Waals surface area contributed by atoms with Gasteiger partial charge in [-0.1, -0.05) is 23.7 Å². The molecule has 2 amide bonds. The number of hydrogen-bond acceptors (Lipinski definition) is 5.